The van der Waals surface area contributed by atoms with Gasteiger partial charge < -0.3 is 15.0 Å². The number of amides is 4. The van der Waals surface area contributed by atoms with Gasteiger partial charge in [0.05, 0.1) is 13.2 Å². The molecule has 1 aromatic rings. The molecule has 2 aliphatic heterocycles. The van der Waals surface area contributed by atoms with E-state index in [1.165, 1.54) is 0 Å². The highest BCUT2D eigenvalue weighted by Gasteiger charge is 2.49. The Morgan fingerprint density at radius 3 is 2.32 bits per heavy atom. The number of piperazine rings is 1. The quantitative estimate of drug-likeness (QED) is 0.683. The van der Waals surface area contributed by atoms with Crippen molar-refractivity contribution in [3.63, 3.8) is 0 Å². The van der Waals surface area contributed by atoms with Crippen LogP contribution in [0.25, 0.3) is 0 Å². The van der Waals surface area contributed by atoms with Gasteiger partial charge in [-0.1, -0.05) is 26.0 Å². The zero-order valence-corrected chi connectivity index (χ0v) is 18.4. The molecule has 0 bridgehead atoms. The summed E-state index contributed by atoms with van der Waals surface area (Å²) in [4.78, 5) is 43.1. The normalized spacial score (nSPS) is 23.0. The molecule has 2 atom stereocenters. The minimum atomic E-state index is -1.24. The predicted molar refractivity (Wildman–Crippen MR) is 113 cm³/mol. The number of hydrogen-bond donors (Lipinski definition) is 1. The van der Waals surface area contributed by atoms with Crippen molar-refractivity contribution in [1.29, 1.82) is 5.26 Å². The molecule has 9 heteroatoms. The van der Waals surface area contributed by atoms with Crippen molar-refractivity contribution >= 4 is 17.8 Å². The molecule has 0 aromatic heterocycles. The summed E-state index contributed by atoms with van der Waals surface area (Å²) < 4.78 is 5.14. The zero-order chi connectivity index (χ0) is 22.8. The molecule has 0 saturated carbocycles. The lowest BCUT2D eigenvalue weighted by molar-refractivity contribution is -0.140. The number of nitrogens with zero attached hydrogens (tertiary/aromatic N) is 4. The maximum Gasteiger partial charge on any atom is 0.325 e. The smallest absolute Gasteiger partial charge is 0.325 e. The molecule has 9 nitrogen and oxygen atoms in total. The molecule has 2 saturated heterocycles. The van der Waals surface area contributed by atoms with Crippen molar-refractivity contribution in [2.24, 2.45) is 5.92 Å². The van der Waals surface area contributed by atoms with E-state index < -0.39 is 17.5 Å². The van der Waals surface area contributed by atoms with Gasteiger partial charge in [-0.05, 0) is 30.5 Å². The average Bonchev–Trinajstić information content (AvgIpc) is 2.98. The number of nitriles is 1. The third-order valence-corrected chi connectivity index (χ3v) is 6.06. The topological polar surface area (TPSA) is 106 Å². The molecule has 0 spiro atoms. The Morgan fingerprint density at radius 1 is 1.19 bits per heavy atom. The third kappa shape index (κ3) is 4.35. The van der Waals surface area contributed by atoms with Crippen LogP contribution in [-0.4, -0.2) is 78.4 Å². The molecule has 31 heavy (non-hydrogen) atoms. The van der Waals surface area contributed by atoms with Gasteiger partial charge in [-0.3, -0.25) is 19.4 Å². The molecule has 166 valence electrons. The van der Waals surface area contributed by atoms with Crippen LogP contribution in [-0.2, 0) is 15.1 Å². The highest BCUT2D eigenvalue weighted by molar-refractivity contribution is 6.09. The van der Waals surface area contributed by atoms with E-state index in [4.69, 9.17) is 4.74 Å². The first-order valence-electron chi connectivity index (χ1n) is 10.4. The van der Waals surface area contributed by atoms with Crippen LogP contribution in [0.4, 0.5) is 4.79 Å². The fourth-order valence-electron chi connectivity index (χ4n) is 4.10. The maximum atomic E-state index is 13.1. The van der Waals surface area contributed by atoms with Crippen molar-refractivity contribution in [1.82, 2.24) is 20.0 Å². The van der Waals surface area contributed by atoms with Crippen LogP contribution in [0.1, 0.15) is 26.3 Å². The SMILES string of the molecule is COc1ccc(C2(C)NC(=O)N(CC(=O)N3CCN(C(C#N)C(C)C)CC3)C2=O)cc1. The summed E-state index contributed by atoms with van der Waals surface area (Å²) in [6.07, 6.45) is 0. The van der Waals surface area contributed by atoms with E-state index in [1.807, 2.05) is 13.8 Å². The van der Waals surface area contributed by atoms with Gasteiger partial charge in [0.2, 0.25) is 5.91 Å². The Morgan fingerprint density at radius 2 is 1.81 bits per heavy atom. The second kappa shape index (κ2) is 8.94. The summed E-state index contributed by atoms with van der Waals surface area (Å²) in [6, 6.07) is 8.45. The van der Waals surface area contributed by atoms with Crippen LogP contribution in [0.2, 0.25) is 0 Å². The van der Waals surface area contributed by atoms with Gasteiger partial charge in [-0.2, -0.15) is 5.26 Å². The highest BCUT2D eigenvalue weighted by Crippen LogP contribution is 2.30. The Labute approximate surface area is 182 Å². The second-order valence-corrected chi connectivity index (χ2v) is 8.41. The van der Waals surface area contributed by atoms with E-state index in [9.17, 15) is 19.6 Å². The summed E-state index contributed by atoms with van der Waals surface area (Å²) in [7, 11) is 1.55. The molecule has 3 rings (SSSR count). The number of benzene rings is 1. The van der Waals surface area contributed by atoms with Crippen LogP contribution in [0, 0.1) is 17.2 Å². The Bertz CT molecular complexity index is 886. The maximum absolute atomic E-state index is 13.1. The molecule has 2 heterocycles. The van der Waals surface area contributed by atoms with E-state index in [-0.39, 0.29) is 24.4 Å². The Balaban J connectivity index is 1.64. The van der Waals surface area contributed by atoms with Crippen LogP contribution >= 0.6 is 0 Å². The van der Waals surface area contributed by atoms with E-state index in [1.54, 1.807) is 43.2 Å². The van der Waals surface area contributed by atoms with Gasteiger partial charge in [0.25, 0.3) is 5.91 Å². The van der Waals surface area contributed by atoms with Gasteiger partial charge in [-0.15, -0.1) is 0 Å². The number of imide groups is 1. The molecule has 0 aliphatic carbocycles. The molecule has 0 radical (unpaired) electrons. The van der Waals surface area contributed by atoms with Crippen molar-refractivity contribution in [3.8, 4) is 11.8 Å². The lowest BCUT2D eigenvalue weighted by atomic mass is 9.92. The minimum absolute atomic E-state index is 0.187. The molecule has 1 N–H and O–H groups in total. The average molecular weight is 428 g/mol. The Hall–Kier alpha value is -3.12. The number of methoxy groups -OCH3 is 1. The van der Waals surface area contributed by atoms with Crippen molar-refractivity contribution in [2.75, 3.05) is 39.8 Å². The van der Waals surface area contributed by atoms with E-state index in [0.717, 1.165) is 4.90 Å². The largest absolute Gasteiger partial charge is 0.497 e. The molecular formula is C22H29N5O4. The van der Waals surface area contributed by atoms with Gasteiger partial charge in [0, 0.05) is 26.2 Å². The second-order valence-electron chi connectivity index (χ2n) is 8.41. The number of ether oxygens (including phenoxy) is 1. The molecule has 2 unspecified atom stereocenters. The number of urea groups is 1. The minimum Gasteiger partial charge on any atom is -0.497 e. The number of rotatable bonds is 6. The van der Waals surface area contributed by atoms with E-state index in [0.29, 0.717) is 37.5 Å². The first-order chi connectivity index (χ1) is 14.7. The summed E-state index contributed by atoms with van der Waals surface area (Å²) in [5.74, 6) is 0.111. The highest BCUT2D eigenvalue weighted by atomic mass is 16.5. The molecular weight excluding hydrogens is 398 g/mol. The first kappa shape index (κ1) is 22.6. The van der Waals surface area contributed by atoms with Crippen molar-refractivity contribution in [2.45, 2.75) is 32.4 Å². The lowest BCUT2D eigenvalue weighted by Crippen LogP contribution is -2.54. The number of carbonyl (C=O) groups excluding carboxylic acids is 3. The monoisotopic (exact) mass is 427 g/mol. The molecule has 2 fully saturated rings. The standard InChI is InChI=1S/C22H29N5O4/c1-15(2)18(13-23)25-9-11-26(12-10-25)19(28)14-27-20(29)22(3,24-21(27)30)16-5-7-17(31-4)8-6-16/h5-8,15,18H,9-12,14H2,1-4H3,(H,24,30). The van der Waals surface area contributed by atoms with E-state index in [2.05, 4.69) is 16.3 Å². The molecule has 4 amide bonds. The molecule has 2 aliphatic rings. The van der Waals surface area contributed by atoms with Crippen molar-refractivity contribution < 1.29 is 19.1 Å². The number of nitrogens with one attached hydrogen (secondary N) is 1. The Kier molecular flexibility index (Phi) is 6.51. The van der Waals surface area contributed by atoms with Crippen LogP contribution in [0.5, 0.6) is 5.75 Å². The summed E-state index contributed by atoms with van der Waals surface area (Å²) in [6.45, 7) is 7.43. The zero-order valence-electron chi connectivity index (χ0n) is 18.4. The summed E-state index contributed by atoms with van der Waals surface area (Å²) in [5, 5.41) is 12.1. The van der Waals surface area contributed by atoms with Crippen LogP contribution < -0.4 is 10.1 Å². The third-order valence-electron chi connectivity index (χ3n) is 6.06. The fourth-order valence-corrected chi connectivity index (χ4v) is 4.10. The fraction of sp³-hybridized carbons (Fsp3) is 0.545. The van der Waals surface area contributed by atoms with Crippen LogP contribution in [0.3, 0.4) is 0 Å². The van der Waals surface area contributed by atoms with Gasteiger partial charge in [0.15, 0.2) is 0 Å². The van der Waals surface area contributed by atoms with Crippen molar-refractivity contribution in [3.05, 3.63) is 29.8 Å². The molecule has 1 aromatic carbocycles. The summed E-state index contributed by atoms with van der Waals surface area (Å²) in [5.41, 5.74) is -0.619. The van der Waals surface area contributed by atoms with Gasteiger partial charge in [-0.25, -0.2) is 4.79 Å². The van der Waals surface area contributed by atoms with Gasteiger partial charge >= 0.3 is 6.03 Å². The van der Waals surface area contributed by atoms with Crippen LogP contribution in [0.15, 0.2) is 24.3 Å². The first-order valence-corrected chi connectivity index (χ1v) is 10.4. The lowest BCUT2D eigenvalue weighted by Gasteiger charge is -2.38. The van der Waals surface area contributed by atoms with E-state index >= 15 is 0 Å². The van der Waals surface area contributed by atoms with Gasteiger partial charge in [0.1, 0.15) is 23.9 Å². The summed E-state index contributed by atoms with van der Waals surface area (Å²) >= 11 is 0. The predicted octanol–water partition coefficient (Wildman–Crippen LogP) is 1.15. The number of hydrogen-bond acceptors (Lipinski definition) is 6. The number of carbonyl (C=O) groups is 3.